The Balaban J connectivity index is 1.88. The van der Waals surface area contributed by atoms with E-state index in [1.165, 1.54) is 11.1 Å². The Labute approximate surface area is 147 Å². The molecule has 25 heavy (non-hydrogen) atoms. The minimum Gasteiger partial charge on any atom is -0.340 e. The monoisotopic (exact) mass is 329 g/mol. The molecule has 1 heterocycles. The first-order valence-corrected chi connectivity index (χ1v) is 8.01. The lowest BCUT2D eigenvalue weighted by Crippen LogP contribution is -2.02. The standard InChI is InChI=1S/C20H19N5/c1-13-8-9-17(10-14(13)2)24-19-11-20(23-15(3)22-19)25-18-7-5-4-6-16(18)12-21/h4-11H,1-3H3,(H2,22,23,24,25). The van der Waals surface area contributed by atoms with Gasteiger partial charge in [0.15, 0.2) is 0 Å². The van der Waals surface area contributed by atoms with Crippen LogP contribution in [0, 0.1) is 32.1 Å². The lowest BCUT2D eigenvalue weighted by Gasteiger charge is -2.12. The fraction of sp³-hybridized carbons (Fsp3) is 0.150. The molecule has 0 fully saturated rings. The van der Waals surface area contributed by atoms with E-state index in [1.54, 1.807) is 6.07 Å². The molecule has 0 unspecified atom stereocenters. The van der Waals surface area contributed by atoms with Gasteiger partial charge in [-0.25, -0.2) is 9.97 Å². The minimum atomic E-state index is 0.572. The van der Waals surface area contributed by atoms with E-state index < -0.39 is 0 Å². The number of hydrogen-bond donors (Lipinski definition) is 2. The van der Waals surface area contributed by atoms with Gasteiger partial charge >= 0.3 is 0 Å². The van der Waals surface area contributed by atoms with E-state index in [0.29, 0.717) is 23.0 Å². The molecule has 0 atom stereocenters. The van der Waals surface area contributed by atoms with Crippen molar-refractivity contribution in [3.05, 3.63) is 71.0 Å². The van der Waals surface area contributed by atoms with Crippen LogP contribution >= 0.6 is 0 Å². The molecule has 0 spiro atoms. The third-order valence-electron chi connectivity index (χ3n) is 3.93. The number of anilines is 4. The van der Waals surface area contributed by atoms with Crippen LogP contribution in [0.3, 0.4) is 0 Å². The van der Waals surface area contributed by atoms with Crippen molar-refractivity contribution in [1.29, 1.82) is 5.26 Å². The van der Waals surface area contributed by atoms with Gasteiger partial charge in [-0.3, -0.25) is 0 Å². The Kier molecular flexibility index (Phi) is 4.62. The summed E-state index contributed by atoms with van der Waals surface area (Å²) in [6.07, 6.45) is 0. The number of hydrogen-bond acceptors (Lipinski definition) is 5. The molecule has 0 saturated heterocycles. The van der Waals surface area contributed by atoms with Crippen molar-refractivity contribution in [2.24, 2.45) is 0 Å². The lowest BCUT2D eigenvalue weighted by atomic mass is 10.1. The third-order valence-corrected chi connectivity index (χ3v) is 3.93. The van der Waals surface area contributed by atoms with E-state index in [0.717, 1.165) is 11.4 Å². The predicted molar refractivity (Wildman–Crippen MR) is 100 cm³/mol. The van der Waals surface area contributed by atoms with Crippen molar-refractivity contribution >= 4 is 23.0 Å². The first-order valence-electron chi connectivity index (χ1n) is 8.01. The number of nitrogens with one attached hydrogen (secondary N) is 2. The zero-order valence-electron chi connectivity index (χ0n) is 14.5. The van der Waals surface area contributed by atoms with Gasteiger partial charge in [-0.05, 0) is 56.2 Å². The highest BCUT2D eigenvalue weighted by atomic mass is 15.1. The summed E-state index contributed by atoms with van der Waals surface area (Å²) in [7, 11) is 0. The lowest BCUT2D eigenvalue weighted by molar-refractivity contribution is 1.06. The summed E-state index contributed by atoms with van der Waals surface area (Å²) in [4.78, 5) is 8.84. The second kappa shape index (κ2) is 7.02. The first kappa shape index (κ1) is 16.5. The van der Waals surface area contributed by atoms with Crippen LogP contribution in [0.1, 0.15) is 22.5 Å². The highest BCUT2D eigenvalue weighted by Gasteiger charge is 2.06. The Bertz CT molecular complexity index is 957. The van der Waals surface area contributed by atoms with Gasteiger partial charge in [0.25, 0.3) is 0 Å². The van der Waals surface area contributed by atoms with Crippen molar-refractivity contribution in [3.63, 3.8) is 0 Å². The largest absolute Gasteiger partial charge is 0.340 e. The summed E-state index contributed by atoms with van der Waals surface area (Å²) in [5.41, 5.74) is 4.74. The number of para-hydroxylation sites is 1. The third kappa shape index (κ3) is 3.93. The maximum Gasteiger partial charge on any atom is 0.136 e. The molecule has 0 aliphatic heterocycles. The molecule has 0 radical (unpaired) electrons. The van der Waals surface area contributed by atoms with Crippen molar-refractivity contribution in [3.8, 4) is 6.07 Å². The highest BCUT2D eigenvalue weighted by Crippen LogP contribution is 2.23. The number of aryl methyl sites for hydroxylation is 3. The Morgan fingerprint density at radius 1 is 0.840 bits per heavy atom. The molecular weight excluding hydrogens is 310 g/mol. The Hall–Kier alpha value is -3.39. The number of nitriles is 1. The molecule has 2 aromatic carbocycles. The maximum atomic E-state index is 9.21. The Morgan fingerprint density at radius 3 is 2.28 bits per heavy atom. The number of rotatable bonds is 4. The van der Waals surface area contributed by atoms with Crippen LogP contribution in [0.2, 0.25) is 0 Å². The molecule has 0 saturated carbocycles. The second-order valence-electron chi connectivity index (χ2n) is 5.89. The van der Waals surface area contributed by atoms with Gasteiger partial charge in [0.05, 0.1) is 11.3 Å². The quantitative estimate of drug-likeness (QED) is 0.722. The zero-order valence-corrected chi connectivity index (χ0v) is 14.5. The van der Waals surface area contributed by atoms with Crippen LogP contribution in [-0.2, 0) is 0 Å². The maximum absolute atomic E-state index is 9.21. The summed E-state index contributed by atoms with van der Waals surface area (Å²) < 4.78 is 0. The van der Waals surface area contributed by atoms with Gasteiger partial charge in [0, 0.05) is 11.8 Å². The summed E-state index contributed by atoms with van der Waals surface area (Å²) in [5, 5.41) is 15.7. The van der Waals surface area contributed by atoms with Crippen LogP contribution in [0.5, 0.6) is 0 Å². The zero-order chi connectivity index (χ0) is 17.8. The van der Waals surface area contributed by atoms with Crippen molar-refractivity contribution in [2.75, 3.05) is 10.6 Å². The van der Waals surface area contributed by atoms with E-state index in [1.807, 2.05) is 37.3 Å². The molecular formula is C20H19N5. The minimum absolute atomic E-state index is 0.572. The van der Waals surface area contributed by atoms with Crippen molar-refractivity contribution < 1.29 is 0 Å². The van der Waals surface area contributed by atoms with Gasteiger partial charge in [0.1, 0.15) is 23.5 Å². The van der Waals surface area contributed by atoms with Gasteiger partial charge in [-0.1, -0.05) is 18.2 Å². The molecule has 124 valence electrons. The van der Waals surface area contributed by atoms with Gasteiger partial charge in [-0.15, -0.1) is 0 Å². The summed E-state index contributed by atoms with van der Waals surface area (Å²) >= 11 is 0. The van der Waals surface area contributed by atoms with E-state index >= 15 is 0 Å². The smallest absolute Gasteiger partial charge is 0.136 e. The summed E-state index contributed by atoms with van der Waals surface area (Å²) in [6, 6.07) is 17.5. The molecule has 0 aliphatic rings. The molecule has 0 bridgehead atoms. The molecule has 5 nitrogen and oxygen atoms in total. The first-order chi connectivity index (χ1) is 12.0. The SMILES string of the molecule is Cc1nc(Nc2ccc(C)c(C)c2)cc(Nc2ccccc2C#N)n1. The summed E-state index contributed by atoms with van der Waals surface area (Å²) in [6.45, 7) is 6.01. The fourth-order valence-corrected chi connectivity index (χ4v) is 2.49. The van der Waals surface area contributed by atoms with Crippen LogP contribution in [0.15, 0.2) is 48.5 Å². The second-order valence-corrected chi connectivity index (χ2v) is 5.89. The van der Waals surface area contributed by atoms with E-state index in [-0.39, 0.29) is 0 Å². The molecule has 3 aromatic rings. The number of nitrogens with zero attached hydrogens (tertiary/aromatic N) is 3. The average Bonchev–Trinajstić information content (AvgIpc) is 2.58. The van der Waals surface area contributed by atoms with E-state index in [2.05, 4.69) is 52.7 Å². The molecule has 0 aliphatic carbocycles. The number of aromatic nitrogens is 2. The molecule has 1 aromatic heterocycles. The van der Waals surface area contributed by atoms with Crippen molar-refractivity contribution in [1.82, 2.24) is 9.97 Å². The summed E-state index contributed by atoms with van der Waals surface area (Å²) in [5.74, 6) is 1.99. The van der Waals surface area contributed by atoms with Crippen molar-refractivity contribution in [2.45, 2.75) is 20.8 Å². The highest BCUT2D eigenvalue weighted by molar-refractivity contribution is 5.67. The predicted octanol–water partition coefficient (Wildman–Crippen LogP) is 4.76. The topological polar surface area (TPSA) is 73.6 Å². The molecule has 5 heteroatoms. The van der Waals surface area contributed by atoms with Crippen LogP contribution in [-0.4, -0.2) is 9.97 Å². The van der Waals surface area contributed by atoms with E-state index in [4.69, 9.17) is 0 Å². The van der Waals surface area contributed by atoms with Crippen LogP contribution < -0.4 is 10.6 Å². The van der Waals surface area contributed by atoms with Gasteiger partial charge < -0.3 is 10.6 Å². The van der Waals surface area contributed by atoms with Gasteiger partial charge in [0.2, 0.25) is 0 Å². The van der Waals surface area contributed by atoms with Gasteiger partial charge in [-0.2, -0.15) is 5.26 Å². The van der Waals surface area contributed by atoms with Crippen LogP contribution in [0.25, 0.3) is 0 Å². The number of benzene rings is 2. The molecule has 2 N–H and O–H groups in total. The van der Waals surface area contributed by atoms with E-state index in [9.17, 15) is 5.26 Å². The fourth-order valence-electron chi connectivity index (χ4n) is 2.49. The Morgan fingerprint density at radius 2 is 1.56 bits per heavy atom. The normalized spacial score (nSPS) is 10.2. The average molecular weight is 329 g/mol. The molecule has 0 amide bonds. The van der Waals surface area contributed by atoms with Crippen LogP contribution in [0.4, 0.5) is 23.0 Å². The molecule has 3 rings (SSSR count).